The van der Waals surface area contributed by atoms with Gasteiger partial charge >= 0.3 is 0 Å². The molecule has 1 atom stereocenters. The second kappa shape index (κ2) is 4.48. The zero-order chi connectivity index (χ0) is 12.5. The lowest BCUT2D eigenvalue weighted by Gasteiger charge is -2.23. The van der Waals surface area contributed by atoms with Crippen molar-refractivity contribution in [2.75, 3.05) is 6.54 Å². The quantitative estimate of drug-likeness (QED) is 0.862. The number of likely N-dealkylation sites (tertiary alicyclic amines) is 1. The summed E-state index contributed by atoms with van der Waals surface area (Å²) in [5, 5.41) is 1.10. The molecule has 1 aromatic heterocycles. The average molecular weight is 242 g/mol. The molecule has 1 fully saturated rings. The Hall–Kier alpha value is -1.77. The summed E-state index contributed by atoms with van der Waals surface area (Å²) in [6, 6.07) is 8.34. The van der Waals surface area contributed by atoms with Crippen LogP contribution in [0.5, 0.6) is 0 Å². The number of carbonyl (C=O) groups excluding carboxylic acids is 1. The van der Waals surface area contributed by atoms with Crippen LogP contribution in [0.2, 0.25) is 0 Å². The lowest BCUT2D eigenvalue weighted by atomic mass is 10.1. The van der Waals surface area contributed by atoms with Gasteiger partial charge in [0.1, 0.15) is 0 Å². The van der Waals surface area contributed by atoms with Crippen molar-refractivity contribution in [3.8, 4) is 0 Å². The molecule has 18 heavy (non-hydrogen) atoms. The molecule has 3 rings (SSSR count). The van der Waals surface area contributed by atoms with Crippen molar-refractivity contribution >= 4 is 16.8 Å². The second-order valence-corrected chi connectivity index (χ2v) is 4.95. The fourth-order valence-corrected chi connectivity index (χ4v) is 2.95. The van der Waals surface area contributed by atoms with Crippen molar-refractivity contribution in [3.63, 3.8) is 0 Å². The Bertz CT molecular complexity index is 573. The standard InChI is InChI=1S/C15H18N2O/c1-2-12-6-4-10-17(12)15(18)13-7-3-5-11-8-9-16-14(11)13/h3,5,7-9,12,16H,2,4,6,10H2,1H3. The van der Waals surface area contributed by atoms with E-state index in [2.05, 4.69) is 11.9 Å². The number of nitrogens with one attached hydrogen (secondary N) is 1. The maximum absolute atomic E-state index is 12.6. The molecule has 3 nitrogen and oxygen atoms in total. The Morgan fingerprint density at radius 3 is 3.17 bits per heavy atom. The van der Waals surface area contributed by atoms with Crippen LogP contribution in [0.4, 0.5) is 0 Å². The molecule has 0 spiro atoms. The fraction of sp³-hybridized carbons (Fsp3) is 0.400. The first kappa shape index (κ1) is 11.3. The summed E-state index contributed by atoms with van der Waals surface area (Å²) < 4.78 is 0. The van der Waals surface area contributed by atoms with Crippen molar-refractivity contribution in [2.24, 2.45) is 0 Å². The SMILES string of the molecule is CCC1CCCN1C(=O)c1cccc2cc[nH]c12. The zero-order valence-electron chi connectivity index (χ0n) is 10.6. The Balaban J connectivity index is 1.99. The lowest BCUT2D eigenvalue weighted by molar-refractivity contribution is 0.0735. The second-order valence-electron chi connectivity index (χ2n) is 4.95. The monoisotopic (exact) mass is 242 g/mol. The molecule has 2 heterocycles. The van der Waals surface area contributed by atoms with Crippen molar-refractivity contribution in [1.29, 1.82) is 0 Å². The van der Waals surface area contributed by atoms with Crippen LogP contribution in [-0.2, 0) is 0 Å². The Labute approximate surface area is 107 Å². The van der Waals surface area contributed by atoms with Gasteiger partial charge in [-0.05, 0) is 31.4 Å². The van der Waals surface area contributed by atoms with E-state index in [0.717, 1.165) is 42.3 Å². The maximum Gasteiger partial charge on any atom is 0.256 e. The van der Waals surface area contributed by atoms with Gasteiger partial charge in [0.2, 0.25) is 0 Å². The summed E-state index contributed by atoms with van der Waals surface area (Å²) in [5.74, 6) is 0.174. The van der Waals surface area contributed by atoms with E-state index in [9.17, 15) is 4.79 Å². The minimum atomic E-state index is 0.174. The van der Waals surface area contributed by atoms with E-state index in [1.807, 2.05) is 35.4 Å². The van der Waals surface area contributed by atoms with Gasteiger partial charge in [0, 0.05) is 24.2 Å². The number of amides is 1. The van der Waals surface area contributed by atoms with Crippen LogP contribution < -0.4 is 0 Å². The molecule has 3 heteroatoms. The molecular formula is C15H18N2O. The molecule has 1 unspecified atom stereocenters. The van der Waals surface area contributed by atoms with E-state index in [0.29, 0.717) is 6.04 Å². The third kappa shape index (κ3) is 1.70. The van der Waals surface area contributed by atoms with Gasteiger partial charge in [-0.3, -0.25) is 4.79 Å². The summed E-state index contributed by atoms with van der Waals surface area (Å²) in [4.78, 5) is 17.8. The first-order chi connectivity index (χ1) is 8.81. The number of hydrogen-bond donors (Lipinski definition) is 1. The Morgan fingerprint density at radius 2 is 2.33 bits per heavy atom. The lowest BCUT2D eigenvalue weighted by Crippen LogP contribution is -2.35. The van der Waals surface area contributed by atoms with Crippen LogP contribution in [0.1, 0.15) is 36.5 Å². The van der Waals surface area contributed by atoms with E-state index in [4.69, 9.17) is 0 Å². The van der Waals surface area contributed by atoms with E-state index < -0.39 is 0 Å². The first-order valence-corrected chi connectivity index (χ1v) is 6.68. The van der Waals surface area contributed by atoms with E-state index in [1.54, 1.807) is 0 Å². The number of hydrogen-bond acceptors (Lipinski definition) is 1. The van der Waals surface area contributed by atoms with Gasteiger partial charge in [-0.25, -0.2) is 0 Å². The maximum atomic E-state index is 12.6. The van der Waals surface area contributed by atoms with E-state index in [-0.39, 0.29) is 5.91 Å². The summed E-state index contributed by atoms with van der Waals surface area (Å²) in [7, 11) is 0. The minimum absolute atomic E-state index is 0.174. The topological polar surface area (TPSA) is 36.1 Å². The van der Waals surface area contributed by atoms with Gasteiger partial charge in [-0.1, -0.05) is 19.1 Å². The number of H-pyrrole nitrogens is 1. The van der Waals surface area contributed by atoms with Gasteiger partial charge in [0.25, 0.3) is 5.91 Å². The van der Waals surface area contributed by atoms with Crippen molar-refractivity contribution < 1.29 is 4.79 Å². The number of carbonyl (C=O) groups is 1. The predicted octanol–water partition coefficient (Wildman–Crippen LogP) is 3.18. The summed E-state index contributed by atoms with van der Waals surface area (Å²) in [6.07, 6.45) is 5.21. The zero-order valence-corrected chi connectivity index (χ0v) is 10.6. The number of rotatable bonds is 2. The highest BCUT2D eigenvalue weighted by atomic mass is 16.2. The van der Waals surface area contributed by atoms with Crippen LogP contribution in [-0.4, -0.2) is 28.4 Å². The number of aromatic amines is 1. The summed E-state index contributed by atoms with van der Waals surface area (Å²) in [5.41, 5.74) is 1.77. The van der Waals surface area contributed by atoms with Gasteiger partial charge in [0.15, 0.2) is 0 Å². The molecule has 0 aliphatic carbocycles. The number of para-hydroxylation sites is 1. The number of aromatic nitrogens is 1. The Kier molecular flexibility index (Phi) is 2.82. The molecule has 1 amide bonds. The van der Waals surface area contributed by atoms with E-state index in [1.165, 1.54) is 0 Å². The molecule has 1 N–H and O–H groups in total. The highest BCUT2D eigenvalue weighted by molar-refractivity contribution is 6.05. The van der Waals surface area contributed by atoms with Crippen molar-refractivity contribution in [3.05, 3.63) is 36.0 Å². The average Bonchev–Trinajstić information content (AvgIpc) is 3.05. The normalized spacial score (nSPS) is 19.6. The third-order valence-corrected chi connectivity index (χ3v) is 3.93. The van der Waals surface area contributed by atoms with Crippen molar-refractivity contribution in [2.45, 2.75) is 32.2 Å². The van der Waals surface area contributed by atoms with Gasteiger partial charge in [0.05, 0.1) is 11.1 Å². The van der Waals surface area contributed by atoms with Crippen LogP contribution >= 0.6 is 0 Å². The number of nitrogens with zero attached hydrogens (tertiary/aromatic N) is 1. The molecule has 1 aromatic carbocycles. The van der Waals surface area contributed by atoms with Gasteiger partial charge < -0.3 is 9.88 Å². The molecule has 0 saturated carbocycles. The molecule has 1 aliphatic heterocycles. The third-order valence-electron chi connectivity index (χ3n) is 3.93. The fourth-order valence-electron chi connectivity index (χ4n) is 2.95. The van der Waals surface area contributed by atoms with Gasteiger partial charge in [-0.15, -0.1) is 0 Å². The molecule has 2 aromatic rings. The highest BCUT2D eigenvalue weighted by Gasteiger charge is 2.28. The van der Waals surface area contributed by atoms with Crippen molar-refractivity contribution in [1.82, 2.24) is 9.88 Å². The van der Waals surface area contributed by atoms with Gasteiger partial charge in [-0.2, -0.15) is 0 Å². The van der Waals surface area contributed by atoms with Crippen LogP contribution in [0.15, 0.2) is 30.5 Å². The number of benzene rings is 1. The Morgan fingerprint density at radius 1 is 1.44 bits per heavy atom. The predicted molar refractivity (Wildman–Crippen MR) is 72.6 cm³/mol. The highest BCUT2D eigenvalue weighted by Crippen LogP contribution is 2.25. The molecule has 1 saturated heterocycles. The summed E-state index contributed by atoms with van der Waals surface area (Å²) >= 11 is 0. The largest absolute Gasteiger partial charge is 0.361 e. The van der Waals surface area contributed by atoms with Crippen LogP contribution in [0.25, 0.3) is 10.9 Å². The molecule has 0 radical (unpaired) electrons. The first-order valence-electron chi connectivity index (χ1n) is 6.68. The molecular weight excluding hydrogens is 224 g/mol. The molecule has 1 aliphatic rings. The summed E-state index contributed by atoms with van der Waals surface area (Å²) in [6.45, 7) is 3.06. The van der Waals surface area contributed by atoms with Crippen LogP contribution in [0.3, 0.4) is 0 Å². The molecule has 0 bridgehead atoms. The molecule has 94 valence electrons. The van der Waals surface area contributed by atoms with Crippen LogP contribution in [0, 0.1) is 0 Å². The minimum Gasteiger partial charge on any atom is -0.361 e. The number of fused-ring (bicyclic) bond motifs is 1. The van der Waals surface area contributed by atoms with E-state index >= 15 is 0 Å². The smallest absolute Gasteiger partial charge is 0.256 e.